The zero-order valence-electron chi connectivity index (χ0n) is 11.0. The van der Waals surface area contributed by atoms with E-state index in [1.54, 1.807) is 0 Å². The average molecular weight is 226 g/mol. The lowest BCUT2D eigenvalue weighted by Gasteiger charge is -2.39. The Hall–Kier alpha value is -0.120. The monoisotopic (exact) mass is 226 g/mol. The standard InChI is InChI=1S/C13H26N2O/c1-4-12-5-8-15(9-7-14-12)13(3)6-10-16-11(13)2/h11-12,14H,4-10H2,1-3H3. The average Bonchev–Trinajstić information content (AvgIpc) is 2.54. The fourth-order valence-electron chi connectivity index (χ4n) is 3.03. The SMILES string of the molecule is CCC1CCN(C2(C)CCOC2C)CCN1. The first kappa shape index (κ1) is 12.3. The van der Waals surface area contributed by atoms with Crippen LogP contribution in [0.3, 0.4) is 0 Å². The molecule has 0 aromatic heterocycles. The molecular formula is C13H26N2O. The molecule has 2 aliphatic heterocycles. The van der Waals surface area contributed by atoms with Crippen molar-refractivity contribution in [2.75, 3.05) is 26.2 Å². The van der Waals surface area contributed by atoms with Crippen molar-refractivity contribution in [1.29, 1.82) is 0 Å². The minimum atomic E-state index is 0.268. The van der Waals surface area contributed by atoms with E-state index in [1.165, 1.54) is 32.4 Å². The van der Waals surface area contributed by atoms with E-state index in [4.69, 9.17) is 4.74 Å². The number of rotatable bonds is 2. The molecule has 0 amide bonds. The number of hydrogen-bond donors (Lipinski definition) is 1. The summed E-state index contributed by atoms with van der Waals surface area (Å²) in [7, 11) is 0. The van der Waals surface area contributed by atoms with Gasteiger partial charge in [-0.1, -0.05) is 6.92 Å². The highest BCUT2D eigenvalue weighted by Crippen LogP contribution is 2.32. The molecule has 2 rings (SSSR count). The van der Waals surface area contributed by atoms with Crippen molar-refractivity contribution in [2.45, 2.75) is 57.7 Å². The van der Waals surface area contributed by atoms with Crippen LogP contribution in [-0.4, -0.2) is 48.8 Å². The molecule has 3 heteroatoms. The van der Waals surface area contributed by atoms with Crippen LogP contribution in [0.25, 0.3) is 0 Å². The van der Waals surface area contributed by atoms with Gasteiger partial charge in [-0.3, -0.25) is 4.90 Å². The molecule has 3 nitrogen and oxygen atoms in total. The van der Waals surface area contributed by atoms with E-state index in [2.05, 4.69) is 31.0 Å². The summed E-state index contributed by atoms with van der Waals surface area (Å²) in [6.45, 7) is 11.3. The molecule has 0 aromatic rings. The van der Waals surface area contributed by atoms with Crippen molar-refractivity contribution >= 4 is 0 Å². The normalized spacial score (nSPS) is 42.2. The third kappa shape index (κ3) is 2.27. The second kappa shape index (κ2) is 5.03. The van der Waals surface area contributed by atoms with Crippen molar-refractivity contribution in [3.63, 3.8) is 0 Å². The molecule has 94 valence electrons. The lowest BCUT2D eigenvalue weighted by atomic mass is 9.92. The third-order valence-electron chi connectivity index (χ3n) is 4.63. The fraction of sp³-hybridized carbons (Fsp3) is 1.00. The van der Waals surface area contributed by atoms with Gasteiger partial charge in [0.05, 0.1) is 6.10 Å². The van der Waals surface area contributed by atoms with Gasteiger partial charge < -0.3 is 10.1 Å². The molecule has 0 radical (unpaired) electrons. The van der Waals surface area contributed by atoms with Gasteiger partial charge in [0.2, 0.25) is 0 Å². The number of ether oxygens (including phenoxy) is 1. The predicted octanol–water partition coefficient (Wildman–Crippen LogP) is 1.63. The minimum absolute atomic E-state index is 0.268. The van der Waals surface area contributed by atoms with E-state index < -0.39 is 0 Å². The Morgan fingerprint density at radius 3 is 2.88 bits per heavy atom. The fourth-order valence-corrected chi connectivity index (χ4v) is 3.03. The molecule has 2 fully saturated rings. The maximum Gasteiger partial charge on any atom is 0.0728 e. The maximum atomic E-state index is 5.75. The van der Waals surface area contributed by atoms with Gasteiger partial charge in [-0.2, -0.15) is 0 Å². The smallest absolute Gasteiger partial charge is 0.0728 e. The summed E-state index contributed by atoms with van der Waals surface area (Å²) in [5.41, 5.74) is 0.268. The van der Waals surface area contributed by atoms with Crippen LogP contribution in [0.1, 0.15) is 40.0 Å². The molecule has 3 unspecified atom stereocenters. The van der Waals surface area contributed by atoms with Gasteiger partial charge in [0.25, 0.3) is 0 Å². The highest BCUT2D eigenvalue weighted by atomic mass is 16.5. The number of nitrogens with one attached hydrogen (secondary N) is 1. The highest BCUT2D eigenvalue weighted by molar-refractivity contribution is 4.97. The number of nitrogens with zero attached hydrogens (tertiary/aromatic N) is 1. The Morgan fingerprint density at radius 2 is 2.25 bits per heavy atom. The van der Waals surface area contributed by atoms with Gasteiger partial charge in [-0.25, -0.2) is 0 Å². The maximum absolute atomic E-state index is 5.75. The first-order valence-electron chi connectivity index (χ1n) is 6.77. The van der Waals surface area contributed by atoms with Crippen molar-refractivity contribution in [3.05, 3.63) is 0 Å². The lowest BCUT2D eigenvalue weighted by Crippen LogP contribution is -2.52. The van der Waals surface area contributed by atoms with Gasteiger partial charge in [0, 0.05) is 37.8 Å². The van der Waals surface area contributed by atoms with Gasteiger partial charge in [0.1, 0.15) is 0 Å². The molecule has 2 heterocycles. The first-order valence-corrected chi connectivity index (χ1v) is 6.77. The zero-order valence-corrected chi connectivity index (χ0v) is 11.0. The van der Waals surface area contributed by atoms with E-state index >= 15 is 0 Å². The minimum Gasteiger partial charge on any atom is -0.377 e. The van der Waals surface area contributed by atoms with Crippen LogP contribution >= 0.6 is 0 Å². The number of hydrogen-bond acceptors (Lipinski definition) is 3. The van der Waals surface area contributed by atoms with E-state index in [0.717, 1.165) is 13.2 Å². The van der Waals surface area contributed by atoms with E-state index in [9.17, 15) is 0 Å². The molecule has 0 bridgehead atoms. The molecule has 0 spiro atoms. The molecular weight excluding hydrogens is 200 g/mol. The Balaban J connectivity index is 1.99. The van der Waals surface area contributed by atoms with Crippen LogP contribution in [0, 0.1) is 0 Å². The van der Waals surface area contributed by atoms with Crippen molar-refractivity contribution in [3.8, 4) is 0 Å². The van der Waals surface area contributed by atoms with E-state index in [-0.39, 0.29) is 5.54 Å². The molecule has 0 aliphatic carbocycles. The highest BCUT2D eigenvalue weighted by Gasteiger charge is 2.42. The van der Waals surface area contributed by atoms with Crippen molar-refractivity contribution < 1.29 is 4.74 Å². The molecule has 0 aromatic carbocycles. The summed E-state index contributed by atoms with van der Waals surface area (Å²) < 4.78 is 5.75. The summed E-state index contributed by atoms with van der Waals surface area (Å²) in [5.74, 6) is 0. The van der Waals surface area contributed by atoms with Crippen molar-refractivity contribution in [2.24, 2.45) is 0 Å². The molecule has 16 heavy (non-hydrogen) atoms. The summed E-state index contributed by atoms with van der Waals surface area (Å²) >= 11 is 0. The van der Waals surface area contributed by atoms with Crippen LogP contribution in [0.4, 0.5) is 0 Å². The van der Waals surface area contributed by atoms with Gasteiger partial charge in [0.15, 0.2) is 0 Å². The molecule has 1 N–H and O–H groups in total. The van der Waals surface area contributed by atoms with Crippen LogP contribution in [0.2, 0.25) is 0 Å². The van der Waals surface area contributed by atoms with Crippen LogP contribution in [-0.2, 0) is 4.74 Å². The Morgan fingerprint density at radius 1 is 1.44 bits per heavy atom. The molecule has 3 atom stereocenters. The quantitative estimate of drug-likeness (QED) is 0.774. The van der Waals surface area contributed by atoms with Crippen LogP contribution < -0.4 is 5.32 Å². The van der Waals surface area contributed by atoms with E-state index in [0.29, 0.717) is 12.1 Å². The summed E-state index contributed by atoms with van der Waals surface area (Å²) in [5, 5.41) is 3.63. The van der Waals surface area contributed by atoms with E-state index in [1.807, 2.05) is 0 Å². The first-order chi connectivity index (χ1) is 7.66. The molecule has 0 saturated carbocycles. The summed E-state index contributed by atoms with van der Waals surface area (Å²) in [4.78, 5) is 2.65. The second-order valence-electron chi connectivity index (χ2n) is 5.46. The lowest BCUT2D eigenvalue weighted by molar-refractivity contribution is 0.0233. The van der Waals surface area contributed by atoms with Gasteiger partial charge in [-0.05, 0) is 33.1 Å². The summed E-state index contributed by atoms with van der Waals surface area (Å²) in [6, 6.07) is 0.714. The van der Waals surface area contributed by atoms with Crippen molar-refractivity contribution in [1.82, 2.24) is 10.2 Å². The van der Waals surface area contributed by atoms with Gasteiger partial charge >= 0.3 is 0 Å². The van der Waals surface area contributed by atoms with Crippen LogP contribution in [0.15, 0.2) is 0 Å². The predicted molar refractivity (Wildman–Crippen MR) is 66.7 cm³/mol. The Bertz CT molecular complexity index is 234. The second-order valence-corrected chi connectivity index (χ2v) is 5.46. The molecule has 2 saturated heterocycles. The molecule has 2 aliphatic rings. The third-order valence-corrected chi connectivity index (χ3v) is 4.63. The Labute approximate surface area is 99.5 Å². The topological polar surface area (TPSA) is 24.5 Å². The Kier molecular flexibility index (Phi) is 3.88. The van der Waals surface area contributed by atoms with Crippen LogP contribution in [0.5, 0.6) is 0 Å². The van der Waals surface area contributed by atoms with Gasteiger partial charge in [-0.15, -0.1) is 0 Å². The zero-order chi connectivity index (χ0) is 11.6. The summed E-state index contributed by atoms with van der Waals surface area (Å²) in [6.07, 6.45) is 4.09. The largest absolute Gasteiger partial charge is 0.377 e.